The third-order valence-electron chi connectivity index (χ3n) is 5.63. The molecular formula is C29H29N3O3. The Morgan fingerprint density at radius 1 is 0.943 bits per heavy atom. The van der Waals surface area contributed by atoms with Crippen LogP contribution in [0.15, 0.2) is 72.8 Å². The summed E-state index contributed by atoms with van der Waals surface area (Å²) in [5.74, 6) is -0.188. The van der Waals surface area contributed by atoms with Crippen molar-refractivity contribution in [2.45, 2.75) is 40.5 Å². The van der Waals surface area contributed by atoms with E-state index in [2.05, 4.69) is 12.2 Å². The second kappa shape index (κ2) is 10.4. The van der Waals surface area contributed by atoms with Crippen LogP contribution >= 0.6 is 0 Å². The van der Waals surface area contributed by atoms with Gasteiger partial charge in [-0.3, -0.25) is 9.59 Å². The van der Waals surface area contributed by atoms with E-state index in [0.717, 1.165) is 46.5 Å². The molecule has 1 amide bonds. The van der Waals surface area contributed by atoms with Gasteiger partial charge < -0.3 is 10.1 Å². The normalized spacial score (nSPS) is 10.7. The van der Waals surface area contributed by atoms with Crippen LogP contribution in [0.5, 0.6) is 5.88 Å². The fourth-order valence-electron chi connectivity index (χ4n) is 3.95. The standard InChI is InChI=1S/C29H29N3O3/c1-5-7-26-27(29(35-21(4)33)32(31-26)25-16-10-19(2)11-17-25)22-12-14-24(15-13-22)30-28(34)23-9-6-8-20(3)18-23/h6,8-18H,5,7H2,1-4H3,(H,30,34). The third-order valence-corrected chi connectivity index (χ3v) is 5.63. The SMILES string of the molecule is CCCc1nn(-c2ccc(C)cc2)c(OC(C)=O)c1-c1ccc(NC(=O)c2cccc(C)c2)cc1. The summed E-state index contributed by atoms with van der Waals surface area (Å²) >= 11 is 0. The van der Waals surface area contributed by atoms with Gasteiger partial charge in [-0.05, 0) is 62.2 Å². The predicted molar refractivity (Wildman–Crippen MR) is 138 cm³/mol. The molecule has 0 aliphatic carbocycles. The number of carbonyl (C=O) groups excluding carboxylic acids is 2. The monoisotopic (exact) mass is 467 g/mol. The molecule has 0 fully saturated rings. The van der Waals surface area contributed by atoms with E-state index in [-0.39, 0.29) is 5.91 Å². The van der Waals surface area contributed by atoms with Crippen LogP contribution in [0.25, 0.3) is 16.8 Å². The summed E-state index contributed by atoms with van der Waals surface area (Å²) in [6.45, 7) is 7.45. The molecule has 1 aromatic heterocycles. The van der Waals surface area contributed by atoms with Crippen LogP contribution in [0.1, 0.15) is 47.4 Å². The molecule has 0 aliphatic rings. The quantitative estimate of drug-likeness (QED) is 0.324. The van der Waals surface area contributed by atoms with Crippen molar-refractivity contribution in [2.24, 2.45) is 0 Å². The zero-order valence-corrected chi connectivity index (χ0v) is 20.5. The lowest BCUT2D eigenvalue weighted by Gasteiger charge is -2.11. The molecule has 0 bridgehead atoms. The molecule has 35 heavy (non-hydrogen) atoms. The molecule has 3 aromatic carbocycles. The van der Waals surface area contributed by atoms with E-state index in [0.29, 0.717) is 17.1 Å². The van der Waals surface area contributed by atoms with Crippen molar-refractivity contribution in [1.82, 2.24) is 9.78 Å². The summed E-state index contributed by atoms with van der Waals surface area (Å²) < 4.78 is 7.39. The van der Waals surface area contributed by atoms with Gasteiger partial charge in [0, 0.05) is 18.2 Å². The van der Waals surface area contributed by atoms with E-state index < -0.39 is 5.97 Å². The number of anilines is 1. The molecule has 4 rings (SSSR count). The second-order valence-corrected chi connectivity index (χ2v) is 8.62. The Kier molecular flexibility index (Phi) is 7.11. The molecule has 0 unspecified atom stereocenters. The molecule has 0 saturated heterocycles. The summed E-state index contributed by atoms with van der Waals surface area (Å²) in [6, 6.07) is 22.9. The van der Waals surface area contributed by atoms with E-state index in [1.807, 2.05) is 80.6 Å². The summed E-state index contributed by atoms with van der Waals surface area (Å²) in [5, 5.41) is 7.76. The topological polar surface area (TPSA) is 73.2 Å². The fourth-order valence-corrected chi connectivity index (χ4v) is 3.95. The molecule has 0 radical (unpaired) electrons. The van der Waals surface area contributed by atoms with E-state index in [9.17, 15) is 9.59 Å². The largest absolute Gasteiger partial charge is 0.407 e. The molecule has 4 aromatic rings. The Balaban J connectivity index is 1.71. The Hall–Kier alpha value is -4.19. The highest BCUT2D eigenvalue weighted by molar-refractivity contribution is 6.04. The molecule has 6 heteroatoms. The first-order valence-electron chi connectivity index (χ1n) is 11.7. The number of amides is 1. The van der Waals surface area contributed by atoms with Gasteiger partial charge in [-0.25, -0.2) is 0 Å². The first-order valence-corrected chi connectivity index (χ1v) is 11.7. The molecule has 0 spiro atoms. The molecule has 0 atom stereocenters. The van der Waals surface area contributed by atoms with Crippen LogP contribution in [0.4, 0.5) is 5.69 Å². The van der Waals surface area contributed by atoms with Crippen LogP contribution in [-0.4, -0.2) is 21.7 Å². The Morgan fingerprint density at radius 3 is 2.29 bits per heavy atom. The van der Waals surface area contributed by atoms with Crippen LogP contribution < -0.4 is 10.1 Å². The summed E-state index contributed by atoms with van der Waals surface area (Å²) in [7, 11) is 0. The fraction of sp³-hybridized carbons (Fsp3) is 0.207. The molecule has 0 aliphatic heterocycles. The minimum Gasteiger partial charge on any atom is -0.407 e. The molecule has 0 saturated carbocycles. The van der Waals surface area contributed by atoms with Gasteiger partial charge in [0.05, 0.1) is 16.9 Å². The van der Waals surface area contributed by atoms with Gasteiger partial charge in [0.15, 0.2) is 0 Å². The highest BCUT2D eigenvalue weighted by Crippen LogP contribution is 2.37. The molecule has 6 nitrogen and oxygen atoms in total. The van der Waals surface area contributed by atoms with Gasteiger partial charge >= 0.3 is 5.97 Å². The lowest BCUT2D eigenvalue weighted by atomic mass is 10.0. The molecule has 178 valence electrons. The van der Waals surface area contributed by atoms with Crippen molar-refractivity contribution in [3.8, 4) is 22.7 Å². The first kappa shape index (κ1) is 24.0. The minimum absolute atomic E-state index is 0.166. The van der Waals surface area contributed by atoms with Crippen LogP contribution in [0.2, 0.25) is 0 Å². The Bertz CT molecular complexity index is 1350. The minimum atomic E-state index is -0.412. The highest BCUT2D eigenvalue weighted by Gasteiger charge is 2.23. The van der Waals surface area contributed by atoms with Crippen LogP contribution in [0, 0.1) is 13.8 Å². The van der Waals surface area contributed by atoms with Gasteiger partial charge in [-0.15, -0.1) is 0 Å². The number of hydrogen-bond acceptors (Lipinski definition) is 4. The summed E-state index contributed by atoms with van der Waals surface area (Å²) in [5.41, 5.74) is 6.74. The number of esters is 1. The molecule has 1 N–H and O–H groups in total. The second-order valence-electron chi connectivity index (χ2n) is 8.62. The van der Waals surface area contributed by atoms with Gasteiger partial charge in [-0.1, -0.05) is 60.9 Å². The average Bonchev–Trinajstić information content (AvgIpc) is 3.17. The number of benzene rings is 3. The predicted octanol–water partition coefficient (Wildman–Crippen LogP) is 6.29. The van der Waals surface area contributed by atoms with Crippen molar-refractivity contribution < 1.29 is 14.3 Å². The summed E-state index contributed by atoms with van der Waals surface area (Å²) in [4.78, 5) is 24.7. The van der Waals surface area contributed by atoms with Gasteiger partial charge in [0.2, 0.25) is 5.88 Å². The number of carbonyl (C=O) groups is 2. The van der Waals surface area contributed by atoms with Crippen molar-refractivity contribution >= 4 is 17.6 Å². The zero-order valence-electron chi connectivity index (χ0n) is 20.5. The Labute approximate surface area is 205 Å². The first-order chi connectivity index (χ1) is 16.9. The van der Waals surface area contributed by atoms with E-state index in [1.54, 1.807) is 10.7 Å². The third kappa shape index (κ3) is 5.49. The maximum atomic E-state index is 12.6. The number of ether oxygens (including phenoxy) is 1. The lowest BCUT2D eigenvalue weighted by Crippen LogP contribution is -2.11. The lowest BCUT2D eigenvalue weighted by molar-refractivity contribution is -0.132. The zero-order chi connectivity index (χ0) is 24.9. The van der Waals surface area contributed by atoms with E-state index in [1.165, 1.54) is 6.92 Å². The van der Waals surface area contributed by atoms with Gasteiger partial charge in [-0.2, -0.15) is 9.78 Å². The number of hydrogen-bond donors (Lipinski definition) is 1. The number of rotatable bonds is 7. The van der Waals surface area contributed by atoms with Crippen LogP contribution in [-0.2, 0) is 11.2 Å². The average molecular weight is 468 g/mol. The van der Waals surface area contributed by atoms with Crippen LogP contribution in [0.3, 0.4) is 0 Å². The van der Waals surface area contributed by atoms with Gasteiger partial charge in [0.1, 0.15) is 0 Å². The summed E-state index contributed by atoms with van der Waals surface area (Å²) in [6.07, 6.45) is 1.62. The van der Waals surface area contributed by atoms with E-state index in [4.69, 9.17) is 9.84 Å². The smallest absolute Gasteiger partial charge is 0.309 e. The van der Waals surface area contributed by atoms with Crippen molar-refractivity contribution in [3.05, 3.63) is 95.2 Å². The number of aryl methyl sites for hydroxylation is 3. The Morgan fingerprint density at radius 2 is 1.66 bits per heavy atom. The number of aromatic nitrogens is 2. The van der Waals surface area contributed by atoms with Crippen molar-refractivity contribution in [2.75, 3.05) is 5.32 Å². The number of nitrogens with zero attached hydrogens (tertiary/aromatic N) is 2. The van der Waals surface area contributed by atoms with Crippen molar-refractivity contribution in [3.63, 3.8) is 0 Å². The highest BCUT2D eigenvalue weighted by atomic mass is 16.5. The van der Waals surface area contributed by atoms with Gasteiger partial charge in [0.25, 0.3) is 5.91 Å². The number of nitrogens with one attached hydrogen (secondary N) is 1. The maximum absolute atomic E-state index is 12.6. The van der Waals surface area contributed by atoms with E-state index >= 15 is 0 Å². The van der Waals surface area contributed by atoms with Crippen molar-refractivity contribution in [1.29, 1.82) is 0 Å². The molecular weight excluding hydrogens is 438 g/mol. The molecule has 1 heterocycles. The maximum Gasteiger partial charge on any atom is 0.309 e.